The van der Waals surface area contributed by atoms with Gasteiger partial charge in [-0.2, -0.15) is 5.26 Å². The normalized spacial score (nSPS) is 16.8. The van der Waals surface area contributed by atoms with Crippen molar-refractivity contribution in [3.8, 4) is 6.07 Å². The van der Waals surface area contributed by atoms with Gasteiger partial charge in [0.15, 0.2) is 0 Å². The van der Waals surface area contributed by atoms with Gasteiger partial charge in [-0.15, -0.1) is 0 Å². The molecule has 1 aromatic heterocycles. The molecule has 1 aliphatic rings. The quantitative estimate of drug-likeness (QED) is 0.845. The summed E-state index contributed by atoms with van der Waals surface area (Å²) < 4.78 is 1.96. The van der Waals surface area contributed by atoms with Crippen LogP contribution >= 0.6 is 0 Å². The van der Waals surface area contributed by atoms with Gasteiger partial charge in [-0.1, -0.05) is 12.8 Å². The van der Waals surface area contributed by atoms with Crippen molar-refractivity contribution in [2.45, 2.75) is 45.7 Å². The summed E-state index contributed by atoms with van der Waals surface area (Å²) >= 11 is 0. The van der Waals surface area contributed by atoms with Gasteiger partial charge in [-0.25, -0.2) is 0 Å². The van der Waals surface area contributed by atoms with Crippen LogP contribution in [0.5, 0.6) is 0 Å². The van der Waals surface area contributed by atoms with Gasteiger partial charge < -0.3 is 9.88 Å². The lowest BCUT2D eigenvalue weighted by Gasteiger charge is -2.13. The molecule has 0 radical (unpaired) electrons. The molecule has 92 valence electrons. The van der Waals surface area contributed by atoms with E-state index >= 15 is 0 Å². The maximum Gasteiger partial charge on any atom is 0.120 e. The highest BCUT2D eigenvalue weighted by Gasteiger charge is 2.23. The Hall–Kier alpha value is -1.27. The number of hydrogen-bond donors (Lipinski definition) is 1. The predicted molar refractivity (Wildman–Crippen MR) is 68.5 cm³/mol. The summed E-state index contributed by atoms with van der Waals surface area (Å²) in [6.45, 7) is 5.19. The Morgan fingerprint density at radius 1 is 1.59 bits per heavy atom. The highest BCUT2D eigenvalue weighted by Crippen LogP contribution is 2.33. The molecule has 0 saturated heterocycles. The number of aromatic nitrogens is 1. The minimum absolute atomic E-state index is 0.577. The molecule has 0 spiro atoms. The molecule has 0 aromatic carbocycles. The van der Waals surface area contributed by atoms with Gasteiger partial charge in [-0.3, -0.25) is 0 Å². The van der Waals surface area contributed by atoms with Crippen molar-refractivity contribution >= 4 is 0 Å². The fourth-order valence-electron chi connectivity index (χ4n) is 2.27. The van der Waals surface area contributed by atoms with Crippen LogP contribution in [-0.4, -0.2) is 10.6 Å². The van der Waals surface area contributed by atoms with Crippen LogP contribution in [0.4, 0.5) is 0 Å². The first-order chi connectivity index (χ1) is 8.11. The average molecular weight is 231 g/mol. The lowest BCUT2D eigenvalue weighted by atomic mass is 10.1. The van der Waals surface area contributed by atoms with E-state index in [4.69, 9.17) is 5.26 Å². The van der Waals surface area contributed by atoms with Crippen LogP contribution in [0, 0.1) is 24.2 Å². The van der Waals surface area contributed by atoms with E-state index in [9.17, 15) is 0 Å². The molecule has 17 heavy (non-hydrogen) atoms. The molecule has 1 heterocycles. The molecule has 3 nitrogen and oxygen atoms in total. The lowest BCUT2D eigenvalue weighted by molar-refractivity contribution is 0.487. The first-order valence-corrected chi connectivity index (χ1v) is 6.40. The van der Waals surface area contributed by atoms with E-state index in [1.165, 1.54) is 30.5 Å². The van der Waals surface area contributed by atoms with Gasteiger partial charge in [0.1, 0.15) is 11.8 Å². The molecular weight excluding hydrogens is 210 g/mol. The number of rotatable bonds is 5. The molecule has 3 heteroatoms. The summed E-state index contributed by atoms with van der Waals surface area (Å²) in [7, 11) is 1.95. The molecular formula is C14H21N3. The fourth-order valence-corrected chi connectivity index (χ4v) is 2.27. The zero-order valence-corrected chi connectivity index (χ0v) is 11.0. The molecule has 1 fully saturated rings. The molecule has 0 amide bonds. The Kier molecular flexibility index (Phi) is 3.54. The van der Waals surface area contributed by atoms with Gasteiger partial charge in [0, 0.05) is 25.3 Å². The number of nitrogens with one attached hydrogen (secondary N) is 1. The summed E-state index contributed by atoms with van der Waals surface area (Å²) in [5.74, 6) is 0.962. The molecule has 1 aliphatic carbocycles. The smallest absolute Gasteiger partial charge is 0.120 e. The minimum atomic E-state index is 0.577. The summed E-state index contributed by atoms with van der Waals surface area (Å²) in [6.07, 6.45) is 4.11. The Morgan fingerprint density at radius 3 is 2.82 bits per heavy atom. The topological polar surface area (TPSA) is 40.8 Å². The van der Waals surface area contributed by atoms with Crippen molar-refractivity contribution < 1.29 is 0 Å². The molecule has 2 rings (SSSR count). The van der Waals surface area contributed by atoms with Crippen LogP contribution in [-0.2, 0) is 13.6 Å². The molecule has 0 bridgehead atoms. The first-order valence-electron chi connectivity index (χ1n) is 6.40. The molecule has 1 N–H and O–H groups in total. The Morgan fingerprint density at radius 2 is 2.29 bits per heavy atom. The zero-order chi connectivity index (χ0) is 12.4. The SMILES string of the molecule is Cc1c(CNC(C)CC2CC2)cc(C#N)n1C. The Labute approximate surface area is 103 Å². The van der Waals surface area contributed by atoms with E-state index in [-0.39, 0.29) is 0 Å². The first kappa shape index (κ1) is 12.2. The van der Waals surface area contributed by atoms with Crippen molar-refractivity contribution in [2.24, 2.45) is 13.0 Å². The van der Waals surface area contributed by atoms with Crippen molar-refractivity contribution in [2.75, 3.05) is 0 Å². The molecule has 1 unspecified atom stereocenters. The standard InChI is InChI=1S/C14H21N3/c1-10(6-12-4-5-12)16-9-13-7-14(8-15)17(3)11(13)2/h7,10,12,16H,4-6,9H2,1-3H3. The highest BCUT2D eigenvalue weighted by atomic mass is 15.0. The average Bonchev–Trinajstić information content (AvgIpc) is 3.07. The molecule has 0 aliphatic heterocycles. The molecule has 1 atom stereocenters. The third kappa shape index (κ3) is 2.89. The maximum absolute atomic E-state index is 8.97. The van der Waals surface area contributed by atoms with Crippen LogP contribution in [0.1, 0.15) is 43.1 Å². The van der Waals surface area contributed by atoms with Crippen molar-refractivity contribution in [3.05, 3.63) is 23.0 Å². The van der Waals surface area contributed by atoms with Crippen LogP contribution in [0.25, 0.3) is 0 Å². The highest BCUT2D eigenvalue weighted by molar-refractivity contribution is 5.34. The van der Waals surface area contributed by atoms with Crippen molar-refractivity contribution in [3.63, 3.8) is 0 Å². The van der Waals surface area contributed by atoms with Crippen LogP contribution in [0.15, 0.2) is 6.07 Å². The van der Waals surface area contributed by atoms with E-state index < -0.39 is 0 Å². The van der Waals surface area contributed by atoms with E-state index in [0.717, 1.165) is 18.2 Å². The van der Waals surface area contributed by atoms with Gasteiger partial charge >= 0.3 is 0 Å². The number of hydrogen-bond acceptors (Lipinski definition) is 2. The van der Waals surface area contributed by atoms with E-state index in [1.54, 1.807) is 0 Å². The fraction of sp³-hybridized carbons (Fsp3) is 0.643. The largest absolute Gasteiger partial charge is 0.340 e. The minimum Gasteiger partial charge on any atom is -0.340 e. The van der Waals surface area contributed by atoms with Gasteiger partial charge in [-0.05, 0) is 37.8 Å². The van der Waals surface area contributed by atoms with Crippen molar-refractivity contribution in [1.29, 1.82) is 5.26 Å². The summed E-state index contributed by atoms with van der Waals surface area (Å²) in [5.41, 5.74) is 3.17. The van der Waals surface area contributed by atoms with E-state index in [2.05, 4.69) is 25.2 Å². The second-order valence-electron chi connectivity index (χ2n) is 5.27. The van der Waals surface area contributed by atoms with Crippen LogP contribution < -0.4 is 5.32 Å². The summed E-state index contributed by atoms with van der Waals surface area (Å²) in [5, 5.41) is 12.5. The van der Waals surface area contributed by atoms with Gasteiger partial charge in [0.25, 0.3) is 0 Å². The van der Waals surface area contributed by atoms with Crippen molar-refractivity contribution in [1.82, 2.24) is 9.88 Å². The van der Waals surface area contributed by atoms with Gasteiger partial charge in [0.05, 0.1) is 0 Å². The lowest BCUT2D eigenvalue weighted by Crippen LogP contribution is -2.26. The second-order valence-corrected chi connectivity index (χ2v) is 5.27. The number of nitrogens with zero attached hydrogens (tertiary/aromatic N) is 2. The summed E-state index contributed by atoms with van der Waals surface area (Å²) in [6, 6.07) is 4.79. The Bertz CT molecular complexity index is 435. The van der Waals surface area contributed by atoms with Gasteiger partial charge in [0.2, 0.25) is 0 Å². The summed E-state index contributed by atoms with van der Waals surface area (Å²) in [4.78, 5) is 0. The van der Waals surface area contributed by atoms with Crippen LogP contribution in [0.2, 0.25) is 0 Å². The zero-order valence-electron chi connectivity index (χ0n) is 11.0. The predicted octanol–water partition coefficient (Wildman–Crippen LogP) is 2.48. The van der Waals surface area contributed by atoms with E-state index in [0.29, 0.717) is 6.04 Å². The van der Waals surface area contributed by atoms with E-state index in [1.807, 2.05) is 17.7 Å². The third-order valence-electron chi connectivity index (χ3n) is 3.78. The monoisotopic (exact) mass is 231 g/mol. The van der Waals surface area contributed by atoms with Crippen LogP contribution in [0.3, 0.4) is 0 Å². The Balaban J connectivity index is 1.91. The molecule has 1 aromatic rings. The molecule has 1 saturated carbocycles. The second kappa shape index (κ2) is 4.93. The maximum atomic E-state index is 8.97. The third-order valence-corrected chi connectivity index (χ3v) is 3.78. The number of nitriles is 1.